The van der Waals surface area contributed by atoms with Crippen LogP contribution in [0.4, 0.5) is 9.18 Å². The van der Waals surface area contributed by atoms with Gasteiger partial charge in [-0.15, -0.1) is 3.25 Å². The number of aromatic nitrogens is 1. The highest BCUT2D eigenvalue weighted by molar-refractivity contribution is 14.2. The van der Waals surface area contributed by atoms with Crippen LogP contribution in [0.15, 0.2) is 41.8 Å². The van der Waals surface area contributed by atoms with E-state index < -0.39 is 39.2 Å². The molecule has 3 heterocycles. The quantitative estimate of drug-likeness (QED) is 0.426. The van der Waals surface area contributed by atoms with Crippen molar-refractivity contribution in [1.29, 1.82) is 0 Å². The number of amides is 2. The Bertz CT molecular complexity index is 1010. The lowest BCUT2D eigenvalue weighted by Crippen LogP contribution is -2.32. The van der Waals surface area contributed by atoms with E-state index in [9.17, 15) is 14.0 Å². The maximum Gasteiger partial charge on any atom is 0.413 e. The molecule has 2 aliphatic rings. The molecule has 0 aliphatic carbocycles. The van der Waals surface area contributed by atoms with Crippen LogP contribution < -0.4 is 10.6 Å². The van der Waals surface area contributed by atoms with Crippen molar-refractivity contribution in [3.8, 4) is 0 Å². The van der Waals surface area contributed by atoms with E-state index in [-0.39, 0.29) is 16.5 Å². The van der Waals surface area contributed by atoms with Crippen LogP contribution in [0.5, 0.6) is 0 Å². The highest BCUT2D eigenvalue weighted by atomic mass is 127. The van der Waals surface area contributed by atoms with E-state index in [1.807, 2.05) is 0 Å². The zero-order valence-electron chi connectivity index (χ0n) is 16.4. The Labute approximate surface area is 187 Å². The van der Waals surface area contributed by atoms with Crippen molar-refractivity contribution >= 4 is 50.3 Å². The maximum absolute atomic E-state index is 13.9. The molecule has 0 saturated heterocycles. The molecule has 0 radical (unpaired) electrons. The molecule has 0 fully saturated rings. The number of allylic oxidation sites excluding steroid dienone is 2. The molecule has 0 saturated carbocycles. The van der Waals surface area contributed by atoms with Gasteiger partial charge in [0, 0.05) is 37.6 Å². The number of rotatable bonds is 5. The zero-order chi connectivity index (χ0) is 21.8. The molecule has 0 aromatic carbocycles. The van der Waals surface area contributed by atoms with Crippen molar-refractivity contribution in [2.75, 3.05) is 7.05 Å². The lowest BCUT2D eigenvalue weighted by molar-refractivity contribution is -0.118. The van der Waals surface area contributed by atoms with Crippen LogP contribution in [0.3, 0.4) is 0 Å². The van der Waals surface area contributed by atoms with Gasteiger partial charge in [0.1, 0.15) is 11.9 Å². The number of hydrogen-bond acceptors (Lipinski definition) is 7. The third-order valence-electron chi connectivity index (χ3n) is 4.14. The molecule has 2 N–H and O–H groups in total. The summed E-state index contributed by atoms with van der Waals surface area (Å²) in [5, 5.41) is 7.23. The van der Waals surface area contributed by atoms with Gasteiger partial charge in [0.25, 0.3) is 0 Å². The van der Waals surface area contributed by atoms with Gasteiger partial charge in [-0.2, -0.15) is 4.39 Å². The Morgan fingerprint density at radius 1 is 1.37 bits per heavy atom. The molecule has 3 rings (SSSR count). The van der Waals surface area contributed by atoms with Gasteiger partial charge >= 0.3 is 6.09 Å². The van der Waals surface area contributed by atoms with E-state index >= 15 is 0 Å². The Morgan fingerprint density at radius 3 is 2.80 bits per heavy atom. The summed E-state index contributed by atoms with van der Waals surface area (Å²) in [7, 11) is 1.72. The predicted molar refractivity (Wildman–Crippen MR) is 117 cm³/mol. The summed E-state index contributed by atoms with van der Waals surface area (Å²) in [6, 6.07) is 1.37. The van der Waals surface area contributed by atoms with Gasteiger partial charge in [-0.1, -0.05) is 11.6 Å². The van der Waals surface area contributed by atoms with Crippen molar-refractivity contribution < 1.29 is 18.7 Å². The van der Waals surface area contributed by atoms with Crippen LogP contribution in [0.25, 0.3) is 0 Å². The molecule has 0 spiro atoms. The van der Waals surface area contributed by atoms with E-state index in [1.165, 1.54) is 26.1 Å². The summed E-state index contributed by atoms with van der Waals surface area (Å²) in [6.45, 7) is 2.97. The van der Waals surface area contributed by atoms with E-state index in [2.05, 4.69) is 23.9 Å². The summed E-state index contributed by atoms with van der Waals surface area (Å²) >= 11 is 5.11. The number of nitrogens with zero attached hydrogens (tertiary/aromatic N) is 4. The SMILES string of the molecule is CC(=O)NC1=CN=C(C2=C(NC(=O)O[C@H](C)c3cc(Cl)cnc3F)N(C)N=I2)CC1. The molecular formula is C18H19ClFIN6O3. The van der Waals surface area contributed by atoms with E-state index in [0.717, 1.165) is 15.0 Å². The van der Waals surface area contributed by atoms with Gasteiger partial charge in [0.2, 0.25) is 11.9 Å². The number of alkyl carbamates (subject to hydrolysis) is 1. The van der Waals surface area contributed by atoms with Gasteiger partial charge in [0.15, 0.2) is 0 Å². The fraction of sp³-hybridized carbons (Fsp3) is 0.333. The third-order valence-corrected chi connectivity index (χ3v) is 6.83. The van der Waals surface area contributed by atoms with Gasteiger partial charge in [-0.3, -0.25) is 15.1 Å². The van der Waals surface area contributed by atoms with Gasteiger partial charge in [-0.05, 0) is 25.8 Å². The second-order valence-corrected chi connectivity index (χ2v) is 8.89. The number of halogens is 3. The van der Waals surface area contributed by atoms with Gasteiger partial charge in [-0.25, -0.2) is 14.8 Å². The molecule has 2 amide bonds. The summed E-state index contributed by atoms with van der Waals surface area (Å²) in [5.41, 5.74) is 1.63. The fourth-order valence-corrected chi connectivity index (χ4v) is 5.06. The van der Waals surface area contributed by atoms with Crippen molar-refractivity contribution in [2.24, 2.45) is 8.25 Å². The predicted octanol–water partition coefficient (Wildman–Crippen LogP) is 4.06. The largest absolute Gasteiger partial charge is 0.441 e. The summed E-state index contributed by atoms with van der Waals surface area (Å²) < 4.78 is 24.5. The Balaban J connectivity index is 1.73. The second-order valence-electron chi connectivity index (χ2n) is 6.46. The lowest BCUT2D eigenvalue weighted by Gasteiger charge is -2.19. The van der Waals surface area contributed by atoms with E-state index in [1.54, 1.807) is 18.3 Å². The normalized spacial score (nSPS) is 17.0. The second kappa shape index (κ2) is 9.60. The summed E-state index contributed by atoms with van der Waals surface area (Å²) in [4.78, 5) is 31.6. The number of carbonyl (C=O) groups is 2. The smallest absolute Gasteiger partial charge is 0.413 e. The Hall–Kier alpha value is -2.41. The highest BCUT2D eigenvalue weighted by Gasteiger charge is 2.26. The first-order valence-electron chi connectivity index (χ1n) is 8.90. The minimum atomic E-state index is -0.895. The average molecular weight is 549 g/mol. The Morgan fingerprint density at radius 2 is 2.13 bits per heavy atom. The first kappa shape index (κ1) is 22.3. The first-order chi connectivity index (χ1) is 14.2. The zero-order valence-corrected chi connectivity index (χ0v) is 19.3. The lowest BCUT2D eigenvalue weighted by atomic mass is 10.1. The number of ether oxygens (including phenoxy) is 1. The number of aliphatic imine (C=N–C) groups is 1. The summed E-state index contributed by atoms with van der Waals surface area (Å²) in [6.07, 6.45) is 2.38. The van der Waals surface area contributed by atoms with Crippen LogP contribution in [0.2, 0.25) is 5.02 Å². The molecular weight excluding hydrogens is 530 g/mol. The molecule has 1 aromatic rings. The van der Waals surface area contributed by atoms with Crippen molar-refractivity contribution in [1.82, 2.24) is 20.6 Å². The molecule has 1 aromatic heterocycles. The topological polar surface area (TPSA) is 108 Å². The molecule has 160 valence electrons. The molecule has 0 unspecified atom stereocenters. The maximum atomic E-state index is 13.9. The minimum absolute atomic E-state index is 0.0797. The number of nitrogens with one attached hydrogen (secondary N) is 2. The van der Waals surface area contributed by atoms with Crippen LogP contribution >= 0.6 is 32.6 Å². The van der Waals surface area contributed by atoms with Gasteiger partial charge in [0.05, 0.1) is 35.3 Å². The van der Waals surface area contributed by atoms with E-state index in [4.69, 9.17) is 16.3 Å². The Kier molecular flexibility index (Phi) is 7.13. The highest BCUT2D eigenvalue weighted by Crippen LogP contribution is 2.34. The molecule has 30 heavy (non-hydrogen) atoms. The van der Waals surface area contributed by atoms with Crippen LogP contribution in [-0.2, 0) is 9.53 Å². The molecule has 0 bridgehead atoms. The van der Waals surface area contributed by atoms with Crippen LogP contribution in [0, 0.1) is 5.95 Å². The summed E-state index contributed by atoms with van der Waals surface area (Å²) in [5.74, 6) is -0.413. The van der Waals surface area contributed by atoms with Crippen LogP contribution in [0.1, 0.15) is 38.4 Å². The van der Waals surface area contributed by atoms with Crippen molar-refractivity contribution in [2.45, 2.75) is 32.8 Å². The molecule has 9 nitrogen and oxygen atoms in total. The van der Waals surface area contributed by atoms with Gasteiger partial charge < -0.3 is 10.1 Å². The number of carbonyl (C=O) groups excluding carboxylic acids is 2. The fourth-order valence-electron chi connectivity index (χ4n) is 2.73. The standard InChI is InChI=1S/C18H19ClFIN6O3/c1-9(13-6-11(19)7-23-16(13)20)30-18(29)25-17-15(21-26-27(17)3)14-5-4-12(8-22-14)24-10(2)28/h6-9H,4-5H2,1-3H3,(H,24,28)(H,25,29)/t9-/m1/s1. The number of hydrogen-bond donors (Lipinski definition) is 2. The molecule has 2 aliphatic heterocycles. The molecule has 1 atom stereocenters. The van der Waals surface area contributed by atoms with Crippen molar-refractivity contribution in [3.05, 3.63) is 50.1 Å². The van der Waals surface area contributed by atoms with Crippen LogP contribution in [-0.4, -0.2) is 34.8 Å². The molecule has 12 heteroatoms. The minimum Gasteiger partial charge on any atom is -0.441 e. The van der Waals surface area contributed by atoms with Crippen molar-refractivity contribution in [3.63, 3.8) is 0 Å². The third kappa shape index (κ3) is 5.39. The van der Waals surface area contributed by atoms with E-state index in [0.29, 0.717) is 18.7 Å². The average Bonchev–Trinajstić information content (AvgIpc) is 3.04. The monoisotopic (exact) mass is 548 g/mol. The first-order valence-corrected chi connectivity index (χ1v) is 11.3. The number of pyridine rings is 1.